The lowest BCUT2D eigenvalue weighted by Crippen LogP contribution is -2.55. The van der Waals surface area contributed by atoms with Crippen LogP contribution in [-0.2, 0) is 4.79 Å². The van der Waals surface area contributed by atoms with E-state index in [-0.39, 0.29) is 23.7 Å². The van der Waals surface area contributed by atoms with Gasteiger partial charge in [0.1, 0.15) is 11.0 Å². The van der Waals surface area contributed by atoms with E-state index in [0.717, 1.165) is 18.8 Å². The summed E-state index contributed by atoms with van der Waals surface area (Å²) in [5.41, 5.74) is 1.64. The van der Waals surface area contributed by atoms with Crippen LogP contribution >= 0.6 is 46.6 Å². The minimum atomic E-state index is -0.178. The zero-order valence-corrected chi connectivity index (χ0v) is 25.6. The predicted octanol–water partition coefficient (Wildman–Crippen LogP) is 5.62. The molecule has 0 spiro atoms. The van der Waals surface area contributed by atoms with Gasteiger partial charge < -0.3 is 24.9 Å². The summed E-state index contributed by atoms with van der Waals surface area (Å²) in [6, 6.07) is 16.3. The van der Waals surface area contributed by atoms with Crippen LogP contribution in [0.15, 0.2) is 59.8 Å². The predicted molar refractivity (Wildman–Crippen MR) is 167 cm³/mol. The van der Waals surface area contributed by atoms with Gasteiger partial charge in [0.2, 0.25) is 5.91 Å². The summed E-state index contributed by atoms with van der Waals surface area (Å²) in [5, 5.41) is 4.95. The van der Waals surface area contributed by atoms with E-state index >= 15 is 0 Å². The van der Waals surface area contributed by atoms with Crippen molar-refractivity contribution >= 4 is 75.7 Å². The Labute approximate surface area is 258 Å². The van der Waals surface area contributed by atoms with Crippen LogP contribution in [0.5, 0.6) is 0 Å². The average Bonchev–Trinajstić information content (AvgIpc) is 2.96. The van der Waals surface area contributed by atoms with Crippen LogP contribution < -0.4 is 15.1 Å². The number of benzene rings is 2. The maximum Gasteiger partial charge on any atom is 0.322 e. The molecule has 3 heterocycles. The lowest BCUT2D eigenvalue weighted by atomic mass is 10.2. The lowest BCUT2D eigenvalue weighted by molar-refractivity contribution is -0.128. The van der Waals surface area contributed by atoms with Crippen molar-refractivity contribution in [2.45, 2.75) is 18.1 Å². The van der Waals surface area contributed by atoms with E-state index in [9.17, 15) is 9.59 Å². The molecule has 2 fully saturated rings. The van der Waals surface area contributed by atoms with Crippen molar-refractivity contribution in [2.75, 3.05) is 66.7 Å². The van der Waals surface area contributed by atoms with Gasteiger partial charge in [-0.05, 0) is 37.3 Å². The number of aromatic nitrogens is 2. The van der Waals surface area contributed by atoms with Gasteiger partial charge in [0.15, 0.2) is 5.16 Å². The van der Waals surface area contributed by atoms with Gasteiger partial charge in [-0.25, -0.2) is 14.8 Å². The monoisotopic (exact) mass is 633 g/mol. The Hall–Kier alpha value is -2.92. The molecule has 2 aliphatic rings. The van der Waals surface area contributed by atoms with Crippen molar-refractivity contribution in [3.05, 3.63) is 69.8 Å². The van der Waals surface area contributed by atoms with Gasteiger partial charge in [0.05, 0.1) is 16.5 Å². The quantitative estimate of drug-likeness (QED) is 0.214. The Bertz CT molecular complexity index is 1410. The van der Waals surface area contributed by atoms with E-state index in [1.807, 2.05) is 36.1 Å². The maximum absolute atomic E-state index is 13.0. The van der Waals surface area contributed by atoms with Crippen LogP contribution in [0.25, 0.3) is 0 Å². The molecule has 3 amide bonds. The lowest BCUT2D eigenvalue weighted by Gasteiger charge is -2.40. The first-order valence-corrected chi connectivity index (χ1v) is 15.4. The normalized spacial score (nSPS) is 17.5. The van der Waals surface area contributed by atoms with Gasteiger partial charge in [0.25, 0.3) is 0 Å². The Kier molecular flexibility index (Phi) is 9.64. The van der Waals surface area contributed by atoms with Crippen molar-refractivity contribution in [1.82, 2.24) is 19.8 Å². The third-order valence-electron chi connectivity index (χ3n) is 7.10. The number of rotatable bonds is 6. The standard InChI is InChI=1S/C28H30Cl3N7O2S/c1-19-17-37(13-14-38(19)28(40)32-21-6-4-5-20(29)15-21)25-16-24(31)33-27(34-25)41-18-26(39)36-11-9-35(10-12-36)23-8-3-2-7-22(23)30/h2-8,15-16,19H,9-14,17-18H2,1H3,(H,32,40). The number of hydrogen-bond donors (Lipinski definition) is 1. The number of carbonyl (C=O) groups is 2. The number of nitrogens with zero attached hydrogens (tertiary/aromatic N) is 6. The summed E-state index contributed by atoms with van der Waals surface area (Å²) >= 11 is 20.0. The number of halogens is 3. The molecule has 2 saturated heterocycles. The SMILES string of the molecule is CC1CN(c2cc(Cl)nc(SCC(=O)N3CCN(c4ccccc4Cl)CC3)n2)CCN1C(=O)Nc1cccc(Cl)c1. The van der Waals surface area contributed by atoms with Crippen molar-refractivity contribution in [3.63, 3.8) is 0 Å². The van der Waals surface area contributed by atoms with Gasteiger partial charge in [0, 0.05) is 68.6 Å². The number of para-hydroxylation sites is 1. The fraction of sp³-hybridized carbons (Fsp3) is 0.357. The van der Waals surface area contributed by atoms with E-state index in [1.165, 1.54) is 11.8 Å². The van der Waals surface area contributed by atoms with Gasteiger partial charge in [-0.3, -0.25) is 4.79 Å². The third-order valence-corrected chi connectivity index (χ3v) is 8.68. The second-order valence-electron chi connectivity index (χ2n) is 9.87. The van der Waals surface area contributed by atoms with E-state index < -0.39 is 0 Å². The first kappa shape index (κ1) is 29.6. The molecule has 5 rings (SSSR count). The number of amides is 3. The number of hydrogen-bond acceptors (Lipinski definition) is 7. The number of thioether (sulfide) groups is 1. The molecule has 2 aliphatic heterocycles. The fourth-order valence-electron chi connectivity index (χ4n) is 4.96. The Balaban J connectivity index is 1.13. The molecule has 41 heavy (non-hydrogen) atoms. The Morgan fingerprint density at radius 2 is 1.68 bits per heavy atom. The number of piperazine rings is 2. The maximum atomic E-state index is 13.0. The summed E-state index contributed by atoms with van der Waals surface area (Å²) in [5.74, 6) is 0.932. The highest BCUT2D eigenvalue weighted by Gasteiger charge is 2.29. The van der Waals surface area contributed by atoms with Crippen molar-refractivity contribution in [2.24, 2.45) is 0 Å². The van der Waals surface area contributed by atoms with Crippen LogP contribution in [0.1, 0.15) is 6.92 Å². The molecule has 0 aliphatic carbocycles. The van der Waals surface area contributed by atoms with Crippen molar-refractivity contribution in [3.8, 4) is 0 Å². The Morgan fingerprint density at radius 1 is 0.927 bits per heavy atom. The highest BCUT2D eigenvalue weighted by Crippen LogP contribution is 2.27. The van der Waals surface area contributed by atoms with Gasteiger partial charge in [-0.1, -0.05) is 64.8 Å². The molecule has 1 N–H and O–H groups in total. The van der Waals surface area contributed by atoms with Crippen LogP contribution in [0.4, 0.5) is 22.0 Å². The molecule has 0 radical (unpaired) electrons. The van der Waals surface area contributed by atoms with E-state index in [0.29, 0.717) is 64.6 Å². The smallest absolute Gasteiger partial charge is 0.322 e. The Morgan fingerprint density at radius 3 is 2.41 bits per heavy atom. The number of anilines is 3. The van der Waals surface area contributed by atoms with Crippen LogP contribution in [0.2, 0.25) is 15.2 Å². The average molecular weight is 635 g/mol. The minimum Gasteiger partial charge on any atom is -0.367 e. The van der Waals surface area contributed by atoms with Crippen molar-refractivity contribution < 1.29 is 9.59 Å². The third kappa shape index (κ3) is 7.48. The molecule has 0 bridgehead atoms. The molecular weight excluding hydrogens is 605 g/mol. The first-order chi connectivity index (χ1) is 19.8. The molecule has 1 atom stereocenters. The molecule has 1 unspecified atom stereocenters. The zero-order chi connectivity index (χ0) is 28.9. The molecule has 9 nitrogen and oxygen atoms in total. The van der Waals surface area contributed by atoms with Crippen LogP contribution in [0.3, 0.4) is 0 Å². The minimum absolute atomic E-state index is 0.0342. The summed E-state index contributed by atoms with van der Waals surface area (Å²) in [4.78, 5) is 42.8. The summed E-state index contributed by atoms with van der Waals surface area (Å²) in [6.07, 6.45) is 0. The summed E-state index contributed by atoms with van der Waals surface area (Å²) in [7, 11) is 0. The zero-order valence-electron chi connectivity index (χ0n) is 22.5. The molecule has 216 valence electrons. The molecule has 1 aromatic heterocycles. The first-order valence-electron chi connectivity index (χ1n) is 13.3. The molecule has 13 heteroatoms. The second kappa shape index (κ2) is 13.4. The van der Waals surface area contributed by atoms with Crippen LogP contribution in [-0.4, -0.2) is 89.3 Å². The highest BCUT2D eigenvalue weighted by atomic mass is 35.5. The van der Waals surface area contributed by atoms with E-state index in [4.69, 9.17) is 34.8 Å². The number of urea groups is 1. The van der Waals surface area contributed by atoms with E-state index in [2.05, 4.69) is 25.1 Å². The van der Waals surface area contributed by atoms with Gasteiger partial charge in [-0.15, -0.1) is 0 Å². The van der Waals surface area contributed by atoms with Gasteiger partial charge in [-0.2, -0.15) is 0 Å². The van der Waals surface area contributed by atoms with E-state index in [1.54, 1.807) is 35.2 Å². The fourth-order valence-corrected chi connectivity index (χ4v) is 6.39. The number of carbonyl (C=O) groups excluding carboxylic acids is 2. The number of nitrogens with one attached hydrogen (secondary N) is 1. The van der Waals surface area contributed by atoms with Crippen LogP contribution in [0, 0.1) is 0 Å². The largest absolute Gasteiger partial charge is 0.367 e. The highest BCUT2D eigenvalue weighted by molar-refractivity contribution is 7.99. The topological polar surface area (TPSA) is 84.9 Å². The molecule has 3 aromatic rings. The van der Waals surface area contributed by atoms with Crippen molar-refractivity contribution in [1.29, 1.82) is 0 Å². The second-order valence-corrected chi connectivity index (χ2v) is 12.0. The molecular formula is C28H30Cl3N7O2S. The van der Waals surface area contributed by atoms with Gasteiger partial charge >= 0.3 is 6.03 Å². The molecule has 0 saturated carbocycles. The molecule has 2 aromatic carbocycles. The summed E-state index contributed by atoms with van der Waals surface area (Å²) < 4.78 is 0. The summed E-state index contributed by atoms with van der Waals surface area (Å²) in [6.45, 7) is 6.36.